The first kappa shape index (κ1) is 11.2. The van der Waals surface area contributed by atoms with E-state index in [1.807, 2.05) is 12.1 Å². The molecule has 4 rings (SSSR count). The Balaban J connectivity index is 1.94. The van der Waals surface area contributed by atoms with Gasteiger partial charge < -0.3 is 4.98 Å². The fourth-order valence-electron chi connectivity index (χ4n) is 2.68. The Morgan fingerprint density at radius 2 is 1.35 bits per heavy atom. The normalized spacial score (nSPS) is 11.2. The summed E-state index contributed by atoms with van der Waals surface area (Å²) in [5, 5.41) is 2.44. The number of nitrogens with one attached hydrogen (secondary N) is 1. The van der Waals surface area contributed by atoms with Gasteiger partial charge >= 0.3 is 0 Å². The number of para-hydroxylation sites is 1. The SMILES string of the molecule is Fc1ccc(-c2ccc3c(c2)[nH]c2ccccc23)cc1. The van der Waals surface area contributed by atoms with Gasteiger partial charge in [0.1, 0.15) is 5.82 Å². The van der Waals surface area contributed by atoms with Crippen LogP contribution in [0.1, 0.15) is 0 Å². The Bertz CT molecular complexity index is 904. The quantitative estimate of drug-likeness (QED) is 0.489. The molecule has 0 aliphatic heterocycles. The molecule has 1 nitrogen and oxygen atoms in total. The van der Waals surface area contributed by atoms with Gasteiger partial charge in [0.2, 0.25) is 0 Å². The van der Waals surface area contributed by atoms with E-state index in [-0.39, 0.29) is 5.82 Å². The number of fused-ring (bicyclic) bond motifs is 3. The van der Waals surface area contributed by atoms with Crippen LogP contribution in [-0.2, 0) is 0 Å². The van der Waals surface area contributed by atoms with Crippen LogP contribution in [0, 0.1) is 5.82 Å². The number of hydrogen-bond acceptors (Lipinski definition) is 0. The van der Waals surface area contributed by atoms with Crippen LogP contribution in [0.4, 0.5) is 4.39 Å². The summed E-state index contributed by atoms with van der Waals surface area (Å²) in [7, 11) is 0. The summed E-state index contributed by atoms with van der Waals surface area (Å²) < 4.78 is 13.0. The van der Waals surface area contributed by atoms with Crippen molar-refractivity contribution in [3.05, 3.63) is 72.5 Å². The Morgan fingerprint density at radius 3 is 2.20 bits per heavy atom. The average Bonchev–Trinajstić information content (AvgIpc) is 2.85. The van der Waals surface area contributed by atoms with E-state index in [1.54, 1.807) is 12.1 Å². The zero-order valence-corrected chi connectivity index (χ0v) is 10.7. The average molecular weight is 261 g/mol. The van der Waals surface area contributed by atoms with Gasteiger partial charge in [0.05, 0.1) is 0 Å². The molecule has 20 heavy (non-hydrogen) atoms. The predicted octanol–water partition coefficient (Wildman–Crippen LogP) is 5.13. The molecular weight excluding hydrogens is 249 g/mol. The number of aromatic amines is 1. The van der Waals surface area contributed by atoms with Crippen molar-refractivity contribution in [1.29, 1.82) is 0 Å². The van der Waals surface area contributed by atoms with E-state index < -0.39 is 0 Å². The summed E-state index contributed by atoms with van der Waals surface area (Å²) in [6, 6.07) is 21.2. The zero-order chi connectivity index (χ0) is 13.5. The molecule has 1 aromatic heterocycles. The molecule has 0 aliphatic rings. The Kier molecular flexibility index (Phi) is 2.36. The molecule has 4 aromatic rings. The van der Waals surface area contributed by atoms with Crippen molar-refractivity contribution in [2.75, 3.05) is 0 Å². The summed E-state index contributed by atoms with van der Waals surface area (Å²) in [6.07, 6.45) is 0. The first-order chi connectivity index (χ1) is 9.81. The number of aromatic nitrogens is 1. The molecule has 0 unspecified atom stereocenters. The van der Waals surface area contributed by atoms with Gasteiger partial charge in [0.25, 0.3) is 0 Å². The molecule has 1 N–H and O–H groups in total. The van der Waals surface area contributed by atoms with Gasteiger partial charge in [-0.15, -0.1) is 0 Å². The minimum absolute atomic E-state index is 0.208. The highest BCUT2D eigenvalue weighted by molar-refractivity contribution is 6.08. The Hall–Kier alpha value is -2.61. The highest BCUT2D eigenvalue weighted by atomic mass is 19.1. The fourth-order valence-corrected chi connectivity index (χ4v) is 2.68. The highest BCUT2D eigenvalue weighted by Gasteiger charge is 2.05. The second kappa shape index (κ2) is 4.20. The van der Waals surface area contributed by atoms with Gasteiger partial charge in [0.15, 0.2) is 0 Å². The van der Waals surface area contributed by atoms with Gasteiger partial charge in [-0.25, -0.2) is 4.39 Å². The molecule has 0 bridgehead atoms. The van der Waals surface area contributed by atoms with Gasteiger partial charge in [-0.2, -0.15) is 0 Å². The van der Waals surface area contributed by atoms with Crippen molar-refractivity contribution in [3.8, 4) is 11.1 Å². The number of halogens is 1. The molecule has 0 atom stereocenters. The van der Waals surface area contributed by atoms with Gasteiger partial charge in [-0.05, 0) is 35.4 Å². The number of H-pyrrole nitrogens is 1. The highest BCUT2D eigenvalue weighted by Crippen LogP contribution is 2.29. The van der Waals surface area contributed by atoms with Crippen molar-refractivity contribution in [2.45, 2.75) is 0 Å². The molecule has 0 saturated heterocycles. The lowest BCUT2D eigenvalue weighted by molar-refractivity contribution is 0.628. The fraction of sp³-hybridized carbons (Fsp3) is 0. The van der Waals surface area contributed by atoms with E-state index in [2.05, 4.69) is 35.3 Å². The summed E-state index contributed by atoms with van der Waals surface area (Å²) in [4.78, 5) is 3.43. The van der Waals surface area contributed by atoms with Crippen LogP contribution in [0.5, 0.6) is 0 Å². The van der Waals surface area contributed by atoms with Crippen LogP contribution in [0.15, 0.2) is 66.7 Å². The third-order valence-electron chi connectivity index (χ3n) is 3.68. The molecule has 96 valence electrons. The molecule has 0 spiro atoms. The summed E-state index contributed by atoms with van der Waals surface area (Å²) >= 11 is 0. The van der Waals surface area contributed by atoms with E-state index in [4.69, 9.17) is 0 Å². The number of hydrogen-bond donors (Lipinski definition) is 1. The van der Waals surface area contributed by atoms with E-state index >= 15 is 0 Å². The second-order valence-electron chi connectivity index (χ2n) is 4.94. The minimum Gasteiger partial charge on any atom is -0.354 e. The molecule has 0 saturated carbocycles. The zero-order valence-electron chi connectivity index (χ0n) is 10.7. The standard InChI is InChI=1S/C18H12FN/c19-14-8-5-12(6-9-14)13-7-10-16-15-3-1-2-4-17(15)20-18(16)11-13/h1-11,20H. The first-order valence-corrected chi connectivity index (χ1v) is 6.58. The number of benzene rings is 3. The molecule has 3 aromatic carbocycles. The second-order valence-corrected chi connectivity index (χ2v) is 4.94. The lowest BCUT2D eigenvalue weighted by atomic mass is 10.0. The molecule has 1 heterocycles. The molecule has 0 radical (unpaired) electrons. The summed E-state index contributed by atoms with van der Waals surface area (Å²) in [6.45, 7) is 0. The van der Waals surface area contributed by atoms with Crippen LogP contribution >= 0.6 is 0 Å². The maximum Gasteiger partial charge on any atom is 0.123 e. The molecule has 0 fully saturated rings. The van der Waals surface area contributed by atoms with E-state index in [1.165, 1.54) is 22.9 Å². The molecule has 2 heteroatoms. The van der Waals surface area contributed by atoms with Gasteiger partial charge in [-0.3, -0.25) is 0 Å². The van der Waals surface area contributed by atoms with E-state index in [0.717, 1.165) is 22.2 Å². The lowest BCUT2D eigenvalue weighted by Gasteiger charge is -2.02. The summed E-state index contributed by atoms with van der Waals surface area (Å²) in [5.41, 5.74) is 4.35. The first-order valence-electron chi connectivity index (χ1n) is 6.58. The smallest absolute Gasteiger partial charge is 0.123 e. The van der Waals surface area contributed by atoms with Gasteiger partial charge in [0, 0.05) is 21.8 Å². The maximum absolute atomic E-state index is 13.0. The Morgan fingerprint density at radius 1 is 0.650 bits per heavy atom. The van der Waals surface area contributed by atoms with Crippen molar-refractivity contribution in [1.82, 2.24) is 4.98 Å². The van der Waals surface area contributed by atoms with Gasteiger partial charge in [-0.1, -0.05) is 42.5 Å². The lowest BCUT2D eigenvalue weighted by Crippen LogP contribution is -1.79. The van der Waals surface area contributed by atoms with Crippen molar-refractivity contribution >= 4 is 21.8 Å². The Labute approximate surface area is 115 Å². The third-order valence-corrected chi connectivity index (χ3v) is 3.68. The van der Waals surface area contributed by atoms with Crippen LogP contribution in [0.3, 0.4) is 0 Å². The van der Waals surface area contributed by atoms with Crippen LogP contribution in [-0.4, -0.2) is 4.98 Å². The van der Waals surface area contributed by atoms with Crippen LogP contribution in [0.25, 0.3) is 32.9 Å². The van der Waals surface area contributed by atoms with Crippen molar-refractivity contribution < 1.29 is 4.39 Å². The number of rotatable bonds is 1. The summed E-state index contributed by atoms with van der Waals surface area (Å²) in [5.74, 6) is -0.208. The largest absolute Gasteiger partial charge is 0.354 e. The monoisotopic (exact) mass is 261 g/mol. The van der Waals surface area contributed by atoms with Crippen LogP contribution < -0.4 is 0 Å². The van der Waals surface area contributed by atoms with E-state index in [9.17, 15) is 4.39 Å². The van der Waals surface area contributed by atoms with E-state index in [0.29, 0.717) is 0 Å². The minimum atomic E-state index is -0.208. The predicted molar refractivity (Wildman–Crippen MR) is 81.2 cm³/mol. The molecule has 0 aliphatic carbocycles. The molecular formula is C18H12FN. The van der Waals surface area contributed by atoms with Crippen molar-refractivity contribution in [3.63, 3.8) is 0 Å². The maximum atomic E-state index is 13.0. The topological polar surface area (TPSA) is 15.8 Å². The third kappa shape index (κ3) is 1.69. The van der Waals surface area contributed by atoms with Crippen LogP contribution in [0.2, 0.25) is 0 Å². The molecule has 0 amide bonds. The van der Waals surface area contributed by atoms with Crippen molar-refractivity contribution in [2.24, 2.45) is 0 Å².